The quantitative estimate of drug-likeness (QED) is 0.608. The molecule has 3 aromatic carbocycles. The number of carbonyl (C=O) groups is 1. The summed E-state index contributed by atoms with van der Waals surface area (Å²) in [4.78, 5) is 13.1. The molecule has 32 heavy (non-hydrogen) atoms. The van der Waals surface area contributed by atoms with Gasteiger partial charge in [0.1, 0.15) is 4.90 Å². The Balaban J connectivity index is 1.31. The summed E-state index contributed by atoms with van der Waals surface area (Å²) in [5, 5.41) is 6.24. The molecule has 0 radical (unpaired) electrons. The van der Waals surface area contributed by atoms with Crippen molar-refractivity contribution >= 4 is 27.5 Å². The number of rotatable bonds is 5. The van der Waals surface area contributed by atoms with E-state index in [2.05, 4.69) is 46.2 Å². The monoisotopic (exact) mass is 445 g/mol. The molecule has 0 aromatic heterocycles. The maximum Gasteiger partial charge on any atom is 0.285 e. The molecule has 162 valence electrons. The Morgan fingerprint density at radius 1 is 0.969 bits per heavy atom. The lowest BCUT2D eigenvalue weighted by molar-refractivity contribution is 0.0931. The second-order valence-corrected chi connectivity index (χ2v) is 9.89. The summed E-state index contributed by atoms with van der Waals surface area (Å²) in [5.74, 6) is 0.635. The molecule has 0 bridgehead atoms. The molecule has 1 heterocycles. The molecule has 0 spiro atoms. The Kier molecular flexibility index (Phi) is 5.06. The van der Waals surface area contributed by atoms with E-state index in [9.17, 15) is 13.2 Å². The molecule has 1 saturated carbocycles. The number of carbonyl (C=O) groups excluding carboxylic acids is 1. The van der Waals surface area contributed by atoms with E-state index in [1.165, 1.54) is 5.56 Å². The van der Waals surface area contributed by atoms with Crippen molar-refractivity contribution in [2.45, 2.75) is 30.7 Å². The van der Waals surface area contributed by atoms with E-state index in [-0.39, 0.29) is 22.7 Å². The highest BCUT2D eigenvalue weighted by Gasteiger charge is 2.33. The van der Waals surface area contributed by atoms with E-state index in [1.807, 2.05) is 0 Å². The van der Waals surface area contributed by atoms with Gasteiger partial charge in [-0.25, -0.2) is 0 Å². The number of hydrogen-bond acceptors (Lipinski definition) is 4. The van der Waals surface area contributed by atoms with E-state index in [0.29, 0.717) is 22.7 Å². The largest absolute Gasteiger partial charge is 0.345 e. The third-order valence-electron chi connectivity index (χ3n) is 5.86. The fourth-order valence-electron chi connectivity index (χ4n) is 3.94. The van der Waals surface area contributed by atoms with Gasteiger partial charge in [0.25, 0.3) is 15.9 Å². The Bertz CT molecular complexity index is 1310. The van der Waals surface area contributed by atoms with Crippen LogP contribution in [0.3, 0.4) is 0 Å². The van der Waals surface area contributed by atoms with Crippen LogP contribution in [-0.4, -0.2) is 20.2 Å². The van der Waals surface area contributed by atoms with Crippen LogP contribution in [0.5, 0.6) is 0 Å². The minimum atomic E-state index is -3.68. The van der Waals surface area contributed by atoms with Crippen LogP contribution in [-0.2, 0) is 10.0 Å². The van der Waals surface area contributed by atoms with Crippen molar-refractivity contribution < 1.29 is 13.2 Å². The third-order valence-corrected chi connectivity index (χ3v) is 7.19. The highest BCUT2D eigenvalue weighted by Crippen LogP contribution is 2.41. The van der Waals surface area contributed by atoms with Gasteiger partial charge in [-0.05, 0) is 67.6 Å². The van der Waals surface area contributed by atoms with Crippen molar-refractivity contribution in [2.75, 3.05) is 5.32 Å². The van der Waals surface area contributed by atoms with Gasteiger partial charge < -0.3 is 10.6 Å². The topological polar surface area (TPSA) is 87.6 Å². The first-order chi connectivity index (χ1) is 15.4. The summed E-state index contributed by atoms with van der Waals surface area (Å²) in [6, 6.07) is 22.0. The number of hydrogen-bond donors (Lipinski definition) is 2. The molecule has 5 rings (SSSR count). The standard InChI is InChI=1S/C25H23N3O3S/c1-16-6-8-17(9-7-16)23(18-10-11-18)27-25(29)19-12-14-20(15-13-19)26-24-21-4-2-3-5-22(21)32(30,31)28-24/h2-9,12-15,18,23H,10-11H2,1H3,(H,26,28)(H,27,29). The number of anilines is 1. The molecular formula is C25H23N3O3S. The molecule has 6 nitrogen and oxygen atoms in total. The molecule has 1 aliphatic carbocycles. The molecule has 3 aromatic rings. The molecule has 1 amide bonds. The van der Waals surface area contributed by atoms with Crippen LogP contribution in [0.4, 0.5) is 5.69 Å². The van der Waals surface area contributed by atoms with Gasteiger partial charge in [0.15, 0.2) is 5.84 Å². The summed E-state index contributed by atoms with van der Waals surface area (Å²) in [6.07, 6.45) is 2.24. The average Bonchev–Trinajstić information content (AvgIpc) is 3.59. The van der Waals surface area contributed by atoms with Crippen molar-refractivity contribution in [3.63, 3.8) is 0 Å². The Morgan fingerprint density at radius 3 is 2.34 bits per heavy atom. The van der Waals surface area contributed by atoms with E-state index >= 15 is 0 Å². The number of benzene rings is 3. The van der Waals surface area contributed by atoms with Crippen molar-refractivity contribution in [1.82, 2.24) is 5.32 Å². The molecule has 2 N–H and O–H groups in total. The number of nitrogens with zero attached hydrogens (tertiary/aromatic N) is 1. The van der Waals surface area contributed by atoms with E-state index < -0.39 is 10.0 Å². The molecule has 1 aliphatic heterocycles. The van der Waals surface area contributed by atoms with Crippen LogP contribution in [0.15, 0.2) is 82.1 Å². The van der Waals surface area contributed by atoms with Gasteiger partial charge in [0.2, 0.25) is 0 Å². The SMILES string of the molecule is Cc1ccc(C(NC(=O)c2ccc(NC3=NS(=O)(=O)c4ccccc43)cc2)C2CC2)cc1. The highest BCUT2D eigenvalue weighted by molar-refractivity contribution is 7.90. The average molecular weight is 446 g/mol. The van der Waals surface area contributed by atoms with Gasteiger partial charge in [-0.1, -0.05) is 42.0 Å². The van der Waals surface area contributed by atoms with Crippen LogP contribution < -0.4 is 10.6 Å². The van der Waals surface area contributed by atoms with Crippen LogP contribution in [0, 0.1) is 12.8 Å². The first kappa shape index (κ1) is 20.5. The van der Waals surface area contributed by atoms with Gasteiger partial charge in [0.05, 0.1) is 6.04 Å². The lowest BCUT2D eigenvalue weighted by atomic mass is 10.0. The molecule has 1 unspecified atom stereocenters. The first-order valence-electron chi connectivity index (χ1n) is 10.6. The summed E-state index contributed by atoms with van der Waals surface area (Å²) in [5.41, 5.74) is 4.07. The van der Waals surface area contributed by atoms with Gasteiger partial charge in [-0.15, -0.1) is 4.40 Å². The van der Waals surface area contributed by atoms with Crippen molar-refractivity contribution in [1.29, 1.82) is 0 Å². The van der Waals surface area contributed by atoms with E-state index in [0.717, 1.165) is 18.4 Å². The van der Waals surface area contributed by atoms with Crippen LogP contribution in [0.25, 0.3) is 0 Å². The predicted octanol–water partition coefficient (Wildman–Crippen LogP) is 4.44. The van der Waals surface area contributed by atoms with Crippen LogP contribution in [0.2, 0.25) is 0 Å². The fourth-order valence-corrected chi connectivity index (χ4v) is 5.11. The number of sulfonamides is 1. The molecule has 1 atom stereocenters. The number of nitrogens with one attached hydrogen (secondary N) is 2. The molecular weight excluding hydrogens is 422 g/mol. The van der Waals surface area contributed by atoms with E-state index in [1.54, 1.807) is 48.5 Å². The molecule has 7 heteroatoms. The minimum absolute atomic E-state index is 0.00968. The third kappa shape index (κ3) is 4.03. The van der Waals surface area contributed by atoms with Gasteiger partial charge in [-0.2, -0.15) is 8.42 Å². The number of fused-ring (bicyclic) bond motifs is 1. The van der Waals surface area contributed by atoms with Gasteiger partial charge in [0, 0.05) is 16.8 Å². The number of amidine groups is 1. The molecule has 0 saturated heterocycles. The van der Waals surface area contributed by atoms with Crippen molar-refractivity contribution in [2.24, 2.45) is 10.3 Å². The molecule has 1 fully saturated rings. The first-order valence-corrected chi connectivity index (χ1v) is 12.0. The zero-order valence-electron chi connectivity index (χ0n) is 17.6. The Labute approximate surface area is 187 Å². The maximum atomic E-state index is 12.9. The summed E-state index contributed by atoms with van der Waals surface area (Å²) in [7, 11) is -3.68. The number of aryl methyl sites for hydroxylation is 1. The van der Waals surface area contributed by atoms with Crippen molar-refractivity contribution in [3.05, 3.63) is 95.1 Å². The second kappa shape index (κ2) is 7.91. The summed E-state index contributed by atoms with van der Waals surface area (Å²) in [6.45, 7) is 2.05. The number of amides is 1. The summed E-state index contributed by atoms with van der Waals surface area (Å²) >= 11 is 0. The van der Waals surface area contributed by atoms with E-state index in [4.69, 9.17) is 0 Å². The minimum Gasteiger partial charge on any atom is -0.345 e. The zero-order valence-corrected chi connectivity index (χ0v) is 18.4. The smallest absolute Gasteiger partial charge is 0.285 e. The summed E-state index contributed by atoms with van der Waals surface area (Å²) < 4.78 is 28.3. The zero-order chi connectivity index (χ0) is 22.3. The normalized spacial score (nSPS) is 17.2. The predicted molar refractivity (Wildman–Crippen MR) is 124 cm³/mol. The Morgan fingerprint density at radius 2 is 1.66 bits per heavy atom. The maximum absolute atomic E-state index is 12.9. The molecule has 2 aliphatic rings. The van der Waals surface area contributed by atoms with Gasteiger partial charge >= 0.3 is 0 Å². The van der Waals surface area contributed by atoms with Crippen LogP contribution >= 0.6 is 0 Å². The Hall–Kier alpha value is -3.45. The van der Waals surface area contributed by atoms with Gasteiger partial charge in [-0.3, -0.25) is 4.79 Å². The lowest BCUT2D eigenvalue weighted by Crippen LogP contribution is -2.29. The second-order valence-electron chi connectivity index (χ2n) is 8.31. The van der Waals surface area contributed by atoms with Crippen LogP contribution in [0.1, 0.15) is 45.9 Å². The lowest BCUT2D eigenvalue weighted by Gasteiger charge is -2.19. The highest BCUT2D eigenvalue weighted by atomic mass is 32.2. The fraction of sp³-hybridized carbons (Fsp3) is 0.200. The van der Waals surface area contributed by atoms with Crippen molar-refractivity contribution in [3.8, 4) is 0 Å².